The number of amides is 1. The molecule has 0 aliphatic heterocycles. The van der Waals surface area contributed by atoms with Crippen LogP contribution in [-0.2, 0) is 4.74 Å². The summed E-state index contributed by atoms with van der Waals surface area (Å²) in [7, 11) is 0. The predicted molar refractivity (Wildman–Crippen MR) is 55.8 cm³/mol. The van der Waals surface area contributed by atoms with Crippen LogP contribution < -0.4 is 11.5 Å². The van der Waals surface area contributed by atoms with Crippen molar-refractivity contribution in [3.05, 3.63) is 0 Å². The highest BCUT2D eigenvalue weighted by Crippen LogP contribution is 2.30. The minimum atomic E-state index is -0.687. The fraction of sp³-hybridized carbons (Fsp3) is 0.875. The number of carbonyl (C=O) groups is 1. The van der Waals surface area contributed by atoms with Crippen LogP contribution in [-0.4, -0.2) is 17.7 Å². The molecule has 0 bridgehead atoms. The van der Waals surface area contributed by atoms with Gasteiger partial charge in [-0.15, -0.1) is 17.0 Å². The molecule has 0 radical (unpaired) electrons. The van der Waals surface area contributed by atoms with Crippen molar-refractivity contribution in [3.63, 3.8) is 0 Å². The molecule has 0 aromatic rings. The van der Waals surface area contributed by atoms with Gasteiger partial charge in [0.2, 0.25) is 0 Å². The maximum absolute atomic E-state index is 10.5. The third-order valence-corrected chi connectivity index (χ3v) is 2.43. The lowest BCUT2D eigenvalue weighted by Crippen LogP contribution is -2.41. The average Bonchev–Trinajstić information content (AvgIpc) is 1.94. The van der Waals surface area contributed by atoms with Crippen LogP contribution >= 0.6 is 17.0 Å². The molecule has 0 atom stereocenters. The van der Waals surface area contributed by atoms with E-state index in [1.165, 1.54) is 0 Å². The van der Waals surface area contributed by atoms with Gasteiger partial charge in [-0.25, -0.2) is 4.79 Å². The molecule has 0 aromatic heterocycles. The molecule has 78 valence electrons. The lowest BCUT2D eigenvalue weighted by molar-refractivity contribution is -0.000494. The minimum absolute atomic E-state index is 0. The molecule has 0 spiro atoms. The van der Waals surface area contributed by atoms with Gasteiger partial charge < -0.3 is 16.2 Å². The number of primary amides is 1. The maximum Gasteiger partial charge on any atom is 0.405 e. The van der Waals surface area contributed by atoms with E-state index in [4.69, 9.17) is 16.2 Å². The van der Waals surface area contributed by atoms with Crippen molar-refractivity contribution in [2.24, 2.45) is 11.5 Å². The molecular formula is C8H17BrN2O2. The van der Waals surface area contributed by atoms with E-state index in [1.54, 1.807) is 0 Å². The van der Waals surface area contributed by atoms with Crippen molar-refractivity contribution in [1.29, 1.82) is 0 Å². The first-order valence-corrected chi connectivity index (χ1v) is 4.26. The second-order valence-corrected chi connectivity index (χ2v) is 3.71. The summed E-state index contributed by atoms with van der Waals surface area (Å²) >= 11 is 0. The standard InChI is InChI=1S/C8H16N2O2.BrH/c1-8(12-7(10)11)4-2-6(9)3-5-8;/h6H,2-5,9H2,1H3,(H2,10,11);1H. The van der Waals surface area contributed by atoms with Crippen molar-refractivity contribution < 1.29 is 9.53 Å². The van der Waals surface area contributed by atoms with Gasteiger partial charge in [0.15, 0.2) is 0 Å². The summed E-state index contributed by atoms with van der Waals surface area (Å²) in [5.74, 6) is 0. The van der Waals surface area contributed by atoms with E-state index >= 15 is 0 Å². The van der Waals surface area contributed by atoms with Crippen molar-refractivity contribution in [1.82, 2.24) is 0 Å². The van der Waals surface area contributed by atoms with Crippen LogP contribution in [0.1, 0.15) is 32.6 Å². The van der Waals surface area contributed by atoms with Gasteiger partial charge in [-0.3, -0.25) is 0 Å². The first-order chi connectivity index (χ1) is 5.52. The average molecular weight is 253 g/mol. The van der Waals surface area contributed by atoms with E-state index in [9.17, 15) is 4.79 Å². The van der Waals surface area contributed by atoms with E-state index in [-0.39, 0.29) is 28.6 Å². The molecule has 0 aromatic carbocycles. The topological polar surface area (TPSA) is 78.3 Å². The number of hydrogen-bond acceptors (Lipinski definition) is 3. The van der Waals surface area contributed by atoms with Crippen LogP contribution in [0.2, 0.25) is 0 Å². The van der Waals surface area contributed by atoms with Crippen molar-refractivity contribution >= 4 is 23.1 Å². The highest BCUT2D eigenvalue weighted by Gasteiger charge is 2.32. The Bertz CT molecular complexity index is 179. The minimum Gasteiger partial charge on any atom is -0.443 e. The smallest absolute Gasteiger partial charge is 0.405 e. The Hall–Kier alpha value is -0.290. The molecule has 1 fully saturated rings. The molecule has 0 saturated heterocycles. The SMILES string of the molecule is Br.CC1(OC(N)=O)CCC(N)CC1. The van der Waals surface area contributed by atoms with Gasteiger partial charge in [-0.05, 0) is 32.6 Å². The summed E-state index contributed by atoms with van der Waals surface area (Å²) in [6, 6.07) is 0.259. The zero-order valence-corrected chi connectivity index (χ0v) is 9.50. The number of rotatable bonds is 1. The Morgan fingerprint density at radius 2 is 1.92 bits per heavy atom. The second kappa shape index (κ2) is 4.81. The van der Waals surface area contributed by atoms with E-state index in [1.807, 2.05) is 6.92 Å². The monoisotopic (exact) mass is 252 g/mol. The van der Waals surface area contributed by atoms with Crippen LogP contribution in [0.25, 0.3) is 0 Å². The second-order valence-electron chi connectivity index (χ2n) is 3.71. The largest absolute Gasteiger partial charge is 0.443 e. The molecule has 5 heteroatoms. The van der Waals surface area contributed by atoms with Crippen LogP contribution in [0.5, 0.6) is 0 Å². The summed E-state index contributed by atoms with van der Waals surface area (Å²) in [5.41, 5.74) is 10.3. The molecule has 4 nitrogen and oxygen atoms in total. The molecule has 1 amide bonds. The van der Waals surface area contributed by atoms with Crippen LogP contribution in [0.3, 0.4) is 0 Å². The van der Waals surface area contributed by atoms with Gasteiger partial charge in [0.25, 0.3) is 0 Å². The highest BCUT2D eigenvalue weighted by atomic mass is 79.9. The Morgan fingerprint density at radius 3 is 2.31 bits per heavy atom. The first-order valence-electron chi connectivity index (χ1n) is 4.26. The Morgan fingerprint density at radius 1 is 1.46 bits per heavy atom. The lowest BCUT2D eigenvalue weighted by Gasteiger charge is -2.34. The summed E-state index contributed by atoms with van der Waals surface area (Å²) in [5, 5.41) is 0. The third kappa shape index (κ3) is 3.95. The molecule has 1 saturated carbocycles. The summed E-state index contributed by atoms with van der Waals surface area (Å²) < 4.78 is 5.01. The third-order valence-electron chi connectivity index (χ3n) is 2.43. The van der Waals surface area contributed by atoms with E-state index < -0.39 is 6.09 Å². The molecule has 1 aliphatic rings. The van der Waals surface area contributed by atoms with Gasteiger partial charge in [-0.1, -0.05) is 0 Å². The fourth-order valence-electron chi connectivity index (χ4n) is 1.60. The molecule has 0 unspecified atom stereocenters. The summed E-state index contributed by atoms with van der Waals surface area (Å²) in [6.07, 6.45) is 2.76. The first kappa shape index (κ1) is 12.7. The molecular weight excluding hydrogens is 236 g/mol. The number of ether oxygens (including phenoxy) is 1. The van der Waals surface area contributed by atoms with Gasteiger partial charge in [0, 0.05) is 6.04 Å². The zero-order chi connectivity index (χ0) is 9.19. The van der Waals surface area contributed by atoms with Crippen LogP contribution in [0.4, 0.5) is 4.79 Å². The highest BCUT2D eigenvalue weighted by molar-refractivity contribution is 8.93. The van der Waals surface area contributed by atoms with Crippen molar-refractivity contribution in [2.75, 3.05) is 0 Å². The molecule has 13 heavy (non-hydrogen) atoms. The zero-order valence-electron chi connectivity index (χ0n) is 7.79. The molecule has 1 aliphatic carbocycles. The number of nitrogens with two attached hydrogens (primary N) is 2. The molecule has 1 rings (SSSR count). The predicted octanol–water partition coefficient (Wildman–Crippen LogP) is 1.32. The van der Waals surface area contributed by atoms with Crippen molar-refractivity contribution in [2.45, 2.75) is 44.2 Å². The quantitative estimate of drug-likeness (QED) is 0.739. The normalized spacial score (nSPS) is 33.2. The van der Waals surface area contributed by atoms with Crippen LogP contribution in [0.15, 0.2) is 0 Å². The van der Waals surface area contributed by atoms with Gasteiger partial charge >= 0.3 is 6.09 Å². The van der Waals surface area contributed by atoms with E-state index in [0.717, 1.165) is 25.7 Å². The number of carbonyl (C=O) groups excluding carboxylic acids is 1. The Labute approximate surface area is 88.8 Å². The maximum atomic E-state index is 10.5. The summed E-state index contributed by atoms with van der Waals surface area (Å²) in [4.78, 5) is 10.5. The number of hydrogen-bond donors (Lipinski definition) is 2. The fourth-order valence-corrected chi connectivity index (χ4v) is 1.60. The van der Waals surface area contributed by atoms with E-state index in [0.29, 0.717) is 0 Å². The molecule has 0 heterocycles. The van der Waals surface area contributed by atoms with E-state index in [2.05, 4.69) is 0 Å². The van der Waals surface area contributed by atoms with Crippen molar-refractivity contribution in [3.8, 4) is 0 Å². The van der Waals surface area contributed by atoms with Gasteiger partial charge in [0.05, 0.1) is 0 Å². The van der Waals surface area contributed by atoms with Crippen LogP contribution in [0, 0.1) is 0 Å². The number of halogens is 1. The summed E-state index contributed by atoms with van der Waals surface area (Å²) in [6.45, 7) is 1.91. The van der Waals surface area contributed by atoms with Gasteiger partial charge in [0.1, 0.15) is 5.60 Å². The Balaban J connectivity index is 0.00000144. The van der Waals surface area contributed by atoms with Gasteiger partial charge in [-0.2, -0.15) is 0 Å². The molecule has 4 N–H and O–H groups in total. The Kier molecular flexibility index (Phi) is 4.70. The lowest BCUT2D eigenvalue weighted by atomic mass is 9.84.